The van der Waals surface area contributed by atoms with Crippen molar-refractivity contribution >= 4 is 10.2 Å². The first kappa shape index (κ1) is 8.54. The Morgan fingerprint density at radius 3 is 2.36 bits per heavy atom. The first-order valence-electron chi connectivity index (χ1n) is 3.30. The van der Waals surface area contributed by atoms with Crippen molar-refractivity contribution in [3.63, 3.8) is 0 Å². The van der Waals surface area contributed by atoms with Crippen LogP contribution >= 0.6 is 0 Å². The third-order valence-electron chi connectivity index (χ3n) is 1.44. The summed E-state index contributed by atoms with van der Waals surface area (Å²) in [5.74, 6) is 0. The summed E-state index contributed by atoms with van der Waals surface area (Å²) in [6.07, 6.45) is 0.917. The molecule has 56 valence electrons. The van der Waals surface area contributed by atoms with Gasteiger partial charge in [-0.05, 0) is 0 Å². The summed E-state index contributed by atoms with van der Waals surface area (Å²) in [7, 11) is 0. The van der Waals surface area contributed by atoms with Gasteiger partial charge in [0.05, 0.1) is 0 Å². The van der Waals surface area contributed by atoms with Gasteiger partial charge in [-0.2, -0.15) is 0 Å². The van der Waals surface area contributed by atoms with Crippen LogP contribution in [-0.2, 0) is 24.1 Å². The molecule has 0 heterocycles. The van der Waals surface area contributed by atoms with E-state index >= 15 is 0 Å². The molecule has 0 saturated carbocycles. The maximum absolute atomic E-state index is 10.4. The van der Waals surface area contributed by atoms with Gasteiger partial charge >= 0.3 is 76.6 Å². The molecule has 1 rings (SSSR count). The summed E-state index contributed by atoms with van der Waals surface area (Å²) >= 11 is 1.22. The zero-order chi connectivity index (χ0) is 8.27. The van der Waals surface area contributed by atoms with Crippen LogP contribution in [0.3, 0.4) is 0 Å². The molecule has 0 N–H and O–H groups in total. The summed E-state index contributed by atoms with van der Waals surface area (Å²) in [5, 5.41) is 0. The van der Waals surface area contributed by atoms with E-state index in [4.69, 9.17) is 0 Å². The maximum atomic E-state index is 10.4. The number of hydrogen-bond donors (Lipinski definition) is 0. The van der Waals surface area contributed by atoms with E-state index < -0.39 is 0 Å². The van der Waals surface area contributed by atoms with E-state index in [1.54, 1.807) is 0 Å². The fourth-order valence-corrected chi connectivity index (χ4v) is 1.27. The van der Waals surface area contributed by atoms with Crippen LogP contribution in [-0.4, -0.2) is 10.2 Å². The van der Waals surface area contributed by atoms with Crippen molar-refractivity contribution in [3.05, 3.63) is 35.4 Å². The molecule has 11 heavy (non-hydrogen) atoms. The van der Waals surface area contributed by atoms with Crippen molar-refractivity contribution in [2.45, 2.75) is 6.92 Å². The molecule has 0 atom stereocenters. The predicted molar refractivity (Wildman–Crippen MR) is 41.4 cm³/mol. The van der Waals surface area contributed by atoms with E-state index in [2.05, 4.69) is 0 Å². The van der Waals surface area contributed by atoms with Crippen molar-refractivity contribution in [1.29, 1.82) is 0 Å². The van der Waals surface area contributed by atoms with Gasteiger partial charge in [0.15, 0.2) is 0 Å². The van der Waals surface area contributed by atoms with Crippen LogP contribution in [0.1, 0.15) is 11.1 Å². The van der Waals surface area contributed by atoms with Gasteiger partial charge < -0.3 is 0 Å². The SMILES string of the molecule is Cc1ccc([C](=[W])C=O)cc1. The van der Waals surface area contributed by atoms with E-state index in [-0.39, 0.29) is 0 Å². The van der Waals surface area contributed by atoms with Gasteiger partial charge in [0.25, 0.3) is 0 Å². The molecule has 1 nitrogen and oxygen atoms in total. The van der Waals surface area contributed by atoms with Crippen molar-refractivity contribution < 1.29 is 24.1 Å². The molecule has 0 aliphatic heterocycles. The van der Waals surface area contributed by atoms with Crippen LogP contribution < -0.4 is 0 Å². The number of benzene rings is 1. The summed E-state index contributed by atoms with van der Waals surface area (Å²) in [6, 6.07) is 7.99. The molecule has 0 amide bonds. The van der Waals surface area contributed by atoms with E-state index in [0.29, 0.717) is 0 Å². The first-order chi connectivity index (χ1) is 5.24. The van der Waals surface area contributed by atoms with Crippen LogP contribution in [0.2, 0.25) is 0 Å². The van der Waals surface area contributed by atoms with Crippen LogP contribution in [0.5, 0.6) is 0 Å². The fourth-order valence-electron chi connectivity index (χ4n) is 0.786. The zero-order valence-electron chi connectivity index (χ0n) is 6.20. The average molecular weight is 316 g/mol. The van der Waals surface area contributed by atoms with Gasteiger partial charge in [-0.1, -0.05) is 0 Å². The van der Waals surface area contributed by atoms with Crippen LogP contribution in [0.4, 0.5) is 0 Å². The number of rotatable bonds is 2. The third-order valence-corrected chi connectivity index (χ3v) is 2.64. The summed E-state index contributed by atoms with van der Waals surface area (Å²) in [4.78, 5) is 10.4. The summed E-state index contributed by atoms with van der Waals surface area (Å²) < 4.78 is 0.866. The van der Waals surface area contributed by atoms with E-state index in [9.17, 15) is 4.79 Å². The molecule has 0 aliphatic rings. The molecular weight excluding hydrogens is 308 g/mol. The second-order valence-electron chi connectivity index (χ2n) is 2.35. The molecule has 0 radical (unpaired) electrons. The third kappa shape index (κ3) is 2.20. The van der Waals surface area contributed by atoms with Gasteiger partial charge in [0.1, 0.15) is 0 Å². The van der Waals surface area contributed by atoms with Gasteiger partial charge in [-0.3, -0.25) is 0 Å². The predicted octanol–water partition coefficient (Wildman–Crippen LogP) is 1.26. The summed E-state index contributed by atoms with van der Waals surface area (Å²) in [6.45, 7) is 2.03. The minimum atomic E-state index is 0.866. The number of aryl methyl sites for hydroxylation is 1. The molecule has 0 aromatic heterocycles. The number of carbonyl (C=O) groups is 1. The van der Waals surface area contributed by atoms with Gasteiger partial charge in [0, 0.05) is 0 Å². The zero-order valence-corrected chi connectivity index (χ0v) is 9.14. The Hall–Kier alpha value is -0.552. The monoisotopic (exact) mass is 316 g/mol. The standard InChI is InChI=1S/C9H8O.W/c1-8-2-4-9(5-3-8)6-7-10;/h2-5,7H,1H3;. The molecule has 0 saturated heterocycles. The number of carbonyl (C=O) groups excluding carboxylic acids is 1. The Kier molecular flexibility index (Phi) is 2.90. The van der Waals surface area contributed by atoms with Gasteiger partial charge in [-0.15, -0.1) is 0 Å². The van der Waals surface area contributed by atoms with Gasteiger partial charge in [-0.25, -0.2) is 0 Å². The second kappa shape index (κ2) is 3.73. The van der Waals surface area contributed by atoms with Crippen molar-refractivity contribution in [2.24, 2.45) is 0 Å². The first-order valence-corrected chi connectivity index (χ1v) is 4.77. The Balaban J connectivity index is 2.98. The normalized spacial score (nSPS) is 9.18. The Morgan fingerprint density at radius 1 is 1.36 bits per heavy atom. The molecule has 0 spiro atoms. The molecule has 1 aromatic rings. The second-order valence-corrected chi connectivity index (χ2v) is 3.93. The van der Waals surface area contributed by atoms with Gasteiger partial charge in [0.2, 0.25) is 0 Å². The average Bonchev–Trinajstić information content (AvgIpc) is 2.05. The molecule has 2 heteroatoms. The number of aldehydes is 1. The van der Waals surface area contributed by atoms with Crippen molar-refractivity contribution in [3.8, 4) is 0 Å². The topological polar surface area (TPSA) is 17.1 Å². The molecule has 0 unspecified atom stereocenters. The minimum absolute atomic E-state index is 0.866. The van der Waals surface area contributed by atoms with E-state index in [0.717, 1.165) is 15.7 Å². The Labute approximate surface area is 76.8 Å². The molecule has 0 aliphatic carbocycles. The molecule has 1 aromatic carbocycles. The molecule has 0 bridgehead atoms. The number of hydrogen-bond acceptors (Lipinski definition) is 1. The summed E-state index contributed by atoms with van der Waals surface area (Å²) in [5.41, 5.74) is 2.27. The van der Waals surface area contributed by atoms with Crippen LogP contribution in [0, 0.1) is 6.92 Å². The Bertz CT molecular complexity index is 274. The molecular formula is C9H8OW. The van der Waals surface area contributed by atoms with E-state index in [1.807, 2.05) is 31.2 Å². The van der Waals surface area contributed by atoms with Crippen molar-refractivity contribution in [1.82, 2.24) is 0 Å². The molecule has 0 fully saturated rings. The Morgan fingerprint density at radius 2 is 1.91 bits per heavy atom. The van der Waals surface area contributed by atoms with E-state index in [1.165, 1.54) is 24.9 Å². The van der Waals surface area contributed by atoms with Crippen LogP contribution in [0.15, 0.2) is 24.3 Å². The fraction of sp³-hybridized carbons (Fsp3) is 0.111. The van der Waals surface area contributed by atoms with Crippen molar-refractivity contribution in [2.75, 3.05) is 0 Å². The van der Waals surface area contributed by atoms with Crippen LogP contribution in [0.25, 0.3) is 0 Å². The quantitative estimate of drug-likeness (QED) is 0.751.